The molecule has 0 unspecified atom stereocenters. The van der Waals surface area contributed by atoms with E-state index >= 15 is 0 Å². The highest BCUT2D eigenvalue weighted by atomic mass is 19.1. The lowest BCUT2D eigenvalue weighted by Crippen LogP contribution is -2.03. The Labute approximate surface area is 116 Å². The monoisotopic (exact) mass is 268 g/mol. The Morgan fingerprint density at radius 3 is 2.65 bits per heavy atom. The van der Waals surface area contributed by atoms with Crippen LogP contribution in [0.25, 0.3) is 11.3 Å². The lowest BCUT2D eigenvalue weighted by atomic mass is 9.99. The summed E-state index contributed by atoms with van der Waals surface area (Å²) in [6.45, 7) is 0. The second kappa shape index (κ2) is 4.61. The Hall–Kier alpha value is -2.41. The van der Waals surface area contributed by atoms with Crippen LogP contribution in [0.1, 0.15) is 18.4 Å². The van der Waals surface area contributed by atoms with Crippen LogP contribution in [0.3, 0.4) is 0 Å². The van der Waals surface area contributed by atoms with E-state index in [1.807, 2.05) is 6.07 Å². The van der Waals surface area contributed by atoms with Crippen molar-refractivity contribution in [1.82, 2.24) is 4.98 Å². The van der Waals surface area contributed by atoms with Gasteiger partial charge in [0.15, 0.2) is 11.6 Å². The standard InChI is InChI=1S/C16H13FN2O/c1-20-14-4-2-3-12(15(14)17)13-6-5-11(9-19-13)16(10-18)7-8-16/h2-6,9H,7-8H2,1H3. The maximum Gasteiger partial charge on any atom is 0.174 e. The van der Waals surface area contributed by atoms with Crippen molar-refractivity contribution in [3.8, 4) is 23.1 Å². The first-order valence-corrected chi connectivity index (χ1v) is 6.41. The number of methoxy groups -OCH3 is 1. The van der Waals surface area contributed by atoms with E-state index in [0.717, 1.165) is 18.4 Å². The number of rotatable bonds is 3. The molecule has 3 nitrogen and oxygen atoms in total. The number of aromatic nitrogens is 1. The molecule has 100 valence electrons. The van der Waals surface area contributed by atoms with Crippen LogP contribution >= 0.6 is 0 Å². The van der Waals surface area contributed by atoms with E-state index in [9.17, 15) is 4.39 Å². The molecular weight excluding hydrogens is 255 g/mol. The zero-order valence-electron chi connectivity index (χ0n) is 11.1. The smallest absolute Gasteiger partial charge is 0.174 e. The summed E-state index contributed by atoms with van der Waals surface area (Å²) in [6, 6.07) is 10.9. The van der Waals surface area contributed by atoms with Gasteiger partial charge >= 0.3 is 0 Å². The van der Waals surface area contributed by atoms with E-state index in [0.29, 0.717) is 11.3 Å². The molecule has 20 heavy (non-hydrogen) atoms. The van der Waals surface area contributed by atoms with Gasteiger partial charge < -0.3 is 4.74 Å². The van der Waals surface area contributed by atoms with Crippen molar-refractivity contribution < 1.29 is 9.13 Å². The lowest BCUT2D eigenvalue weighted by molar-refractivity contribution is 0.387. The van der Waals surface area contributed by atoms with Gasteiger partial charge in [0.2, 0.25) is 0 Å². The van der Waals surface area contributed by atoms with Crippen molar-refractivity contribution in [3.05, 3.63) is 47.9 Å². The van der Waals surface area contributed by atoms with Crippen LogP contribution in [0.5, 0.6) is 5.75 Å². The van der Waals surface area contributed by atoms with Gasteiger partial charge in [-0.15, -0.1) is 0 Å². The number of nitrogens with zero attached hydrogens (tertiary/aromatic N) is 2. The normalized spacial score (nSPS) is 15.4. The van der Waals surface area contributed by atoms with Gasteiger partial charge in [-0.05, 0) is 36.6 Å². The maximum atomic E-state index is 14.2. The fraction of sp³-hybridized carbons (Fsp3) is 0.250. The van der Waals surface area contributed by atoms with Gasteiger partial charge in [0.1, 0.15) is 0 Å². The molecule has 0 radical (unpaired) electrons. The molecule has 1 heterocycles. The average molecular weight is 268 g/mol. The van der Waals surface area contributed by atoms with Gasteiger partial charge in [-0.2, -0.15) is 5.26 Å². The van der Waals surface area contributed by atoms with E-state index < -0.39 is 5.82 Å². The van der Waals surface area contributed by atoms with Gasteiger partial charge in [0.05, 0.1) is 24.3 Å². The first kappa shape index (κ1) is 12.6. The van der Waals surface area contributed by atoms with Crippen molar-refractivity contribution in [3.63, 3.8) is 0 Å². The van der Waals surface area contributed by atoms with E-state index in [4.69, 9.17) is 10.00 Å². The van der Waals surface area contributed by atoms with Crippen LogP contribution in [-0.4, -0.2) is 12.1 Å². The van der Waals surface area contributed by atoms with Crippen molar-refractivity contribution in [2.24, 2.45) is 0 Å². The molecule has 4 heteroatoms. The predicted octanol–water partition coefficient (Wildman–Crippen LogP) is 3.45. The molecule has 1 fully saturated rings. The number of hydrogen-bond donors (Lipinski definition) is 0. The molecule has 0 saturated heterocycles. The van der Waals surface area contributed by atoms with Crippen LogP contribution < -0.4 is 4.74 Å². The summed E-state index contributed by atoms with van der Waals surface area (Å²) in [5, 5.41) is 9.15. The van der Waals surface area contributed by atoms with E-state index in [1.54, 1.807) is 30.5 Å². The van der Waals surface area contributed by atoms with E-state index in [1.165, 1.54) is 7.11 Å². The number of nitriles is 1. The van der Waals surface area contributed by atoms with Crippen molar-refractivity contribution >= 4 is 0 Å². The van der Waals surface area contributed by atoms with Gasteiger partial charge in [-0.1, -0.05) is 12.1 Å². The third-order valence-electron chi connectivity index (χ3n) is 3.74. The van der Waals surface area contributed by atoms with Crippen molar-refractivity contribution in [1.29, 1.82) is 5.26 Å². The molecule has 2 aromatic rings. The molecule has 0 amide bonds. The highest BCUT2D eigenvalue weighted by Gasteiger charge is 2.45. The molecule has 0 atom stereocenters. The Kier molecular flexibility index (Phi) is 2.90. The predicted molar refractivity (Wildman–Crippen MR) is 72.7 cm³/mol. The third kappa shape index (κ3) is 1.92. The molecule has 1 saturated carbocycles. The van der Waals surface area contributed by atoms with Gasteiger partial charge in [0.25, 0.3) is 0 Å². The molecule has 3 rings (SSSR count). The number of halogens is 1. The molecule has 0 N–H and O–H groups in total. The first-order valence-electron chi connectivity index (χ1n) is 6.41. The first-order chi connectivity index (χ1) is 9.70. The molecule has 1 aliphatic carbocycles. The summed E-state index contributed by atoms with van der Waals surface area (Å²) in [5.41, 5.74) is 1.49. The quantitative estimate of drug-likeness (QED) is 0.856. The minimum atomic E-state index is -0.420. The van der Waals surface area contributed by atoms with Crippen LogP contribution in [-0.2, 0) is 5.41 Å². The number of benzene rings is 1. The highest BCUT2D eigenvalue weighted by Crippen LogP contribution is 2.47. The zero-order valence-corrected chi connectivity index (χ0v) is 11.1. The fourth-order valence-corrected chi connectivity index (χ4v) is 2.29. The van der Waals surface area contributed by atoms with Crippen LogP contribution in [0.2, 0.25) is 0 Å². The molecule has 0 aliphatic heterocycles. The average Bonchev–Trinajstić information content (AvgIpc) is 3.29. The number of ether oxygens (including phenoxy) is 1. The Morgan fingerprint density at radius 2 is 2.10 bits per heavy atom. The second-order valence-corrected chi connectivity index (χ2v) is 4.95. The molecule has 0 bridgehead atoms. The van der Waals surface area contributed by atoms with Crippen LogP contribution in [0.15, 0.2) is 36.5 Å². The van der Waals surface area contributed by atoms with Crippen molar-refractivity contribution in [2.45, 2.75) is 18.3 Å². The van der Waals surface area contributed by atoms with Crippen LogP contribution in [0.4, 0.5) is 4.39 Å². The van der Waals surface area contributed by atoms with Gasteiger partial charge in [0, 0.05) is 11.8 Å². The Morgan fingerprint density at radius 1 is 1.30 bits per heavy atom. The molecule has 1 aromatic carbocycles. The number of hydrogen-bond acceptors (Lipinski definition) is 3. The van der Waals surface area contributed by atoms with Crippen molar-refractivity contribution in [2.75, 3.05) is 7.11 Å². The summed E-state index contributed by atoms with van der Waals surface area (Å²) in [6.07, 6.45) is 3.42. The lowest BCUT2D eigenvalue weighted by Gasteiger charge is -2.09. The minimum Gasteiger partial charge on any atom is -0.494 e. The summed E-state index contributed by atoms with van der Waals surface area (Å²) in [7, 11) is 1.43. The largest absolute Gasteiger partial charge is 0.494 e. The Bertz CT molecular complexity index is 685. The highest BCUT2D eigenvalue weighted by molar-refractivity contribution is 5.62. The molecule has 1 aliphatic rings. The fourth-order valence-electron chi connectivity index (χ4n) is 2.29. The second-order valence-electron chi connectivity index (χ2n) is 4.95. The minimum absolute atomic E-state index is 0.198. The molecule has 0 spiro atoms. The van der Waals surface area contributed by atoms with Crippen LogP contribution in [0, 0.1) is 17.1 Å². The summed E-state index contributed by atoms with van der Waals surface area (Å²) >= 11 is 0. The maximum absolute atomic E-state index is 14.2. The molecular formula is C16H13FN2O. The topological polar surface area (TPSA) is 45.9 Å². The summed E-state index contributed by atoms with van der Waals surface area (Å²) in [5.74, 6) is -0.222. The van der Waals surface area contributed by atoms with Gasteiger partial charge in [-0.3, -0.25) is 4.98 Å². The van der Waals surface area contributed by atoms with Gasteiger partial charge in [-0.25, -0.2) is 4.39 Å². The summed E-state index contributed by atoms with van der Waals surface area (Å²) in [4.78, 5) is 4.29. The summed E-state index contributed by atoms with van der Waals surface area (Å²) < 4.78 is 19.1. The molecule has 1 aromatic heterocycles. The van der Waals surface area contributed by atoms with E-state index in [2.05, 4.69) is 11.1 Å². The van der Waals surface area contributed by atoms with E-state index in [-0.39, 0.29) is 11.2 Å². The number of pyridine rings is 1. The Balaban J connectivity index is 1.98. The SMILES string of the molecule is COc1cccc(-c2ccc(C3(C#N)CC3)cn2)c1F. The zero-order chi connectivity index (χ0) is 14.2. The third-order valence-corrected chi connectivity index (χ3v) is 3.74.